The maximum atomic E-state index is 14.9. The lowest BCUT2D eigenvalue weighted by molar-refractivity contribution is -0.0554. The van der Waals surface area contributed by atoms with Gasteiger partial charge in [-0.3, -0.25) is 0 Å². The highest BCUT2D eigenvalue weighted by atomic mass is 19.1. The summed E-state index contributed by atoms with van der Waals surface area (Å²) in [6, 6.07) is 4.98. The maximum absolute atomic E-state index is 14.9. The predicted molar refractivity (Wildman–Crippen MR) is 117 cm³/mol. The van der Waals surface area contributed by atoms with Crippen LogP contribution in [0.4, 0.5) is 4.39 Å². The van der Waals surface area contributed by atoms with Crippen molar-refractivity contribution >= 4 is 0 Å². The second kappa shape index (κ2) is 6.76. The van der Waals surface area contributed by atoms with E-state index in [1.54, 1.807) is 18.6 Å². The summed E-state index contributed by atoms with van der Waals surface area (Å²) < 4.78 is 16.9. The van der Waals surface area contributed by atoms with Gasteiger partial charge in [0.25, 0.3) is 0 Å². The summed E-state index contributed by atoms with van der Waals surface area (Å²) in [7, 11) is 0. The summed E-state index contributed by atoms with van der Waals surface area (Å²) in [5.74, 6) is 1.05. The lowest BCUT2D eigenvalue weighted by atomic mass is 9.65. The van der Waals surface area contributed by atoms with E-state index in [9.17, 15) is 14.6 Å². The Balaban J connectivity index is 1.33. The lowest BCUT2D eigenvalue weighted by Gasteiger charge is -2.43. The van der Waals surface area contributed by atoms with Gasteiger partial charge in [-0.1, -0.05) is 18.2 Å². The number of fused-ring (bicyclic) bond motifs is 5. The maximum Gasteiger partial charge on any atom is 0.129 e. The summed E-state index contributed by atoms with van der Waals surface area (Å²) in [6.07, 6.45) is 11.9. The fourth-order valence-electron chi connectivity index (χ4n) is 7.95. The molecule has 7 atom stereocenters. The molecule has 1 aliphatic heterocycles. The van der Waals surface area contributed by atoms with Crippen molar-refractivity contribution in [1.29, 1.82) is 0 Å². The fourth-order valence-corrected chi connectivity index (χ4v) is 7.95. The van der Waals surface area contributed by atoms with Gasteiger partial charge in [-0.2, -0.15) is 0 Å². The van der Waals surface area contributed by atoms with Gasteiger partial charge in [0.05, 0.1) is 36.0 Å². The first-order chi connectivity index (χ1) is 14.9. The van der Waals surface area contributed by atoms with Crippen molar-refractivity contribution in [3.8, 4) is 11.3 Å². The number of hydrogen-bond donors (Lipinski definition) is 2. The van der Waals surface area contributed by atoms with Crippen LogP contribution in [0, 0.1) is 29.0 Å². The number of benzene rings is 1. The third-order valence-electron chi connectivity index (χ3n) is 9.19. The molecule has 3 saturated carbocycles. The molecule has 0 saturated heterocycles. The van der Waals surface area contributed by atoms with Crippen LogP contribution in [-0.4, -0.2) is 31.5 Å². The average molecular weight is 423 g/mol. The highest BCUT2D eigenvalue weighted by molar-refractivity contribution is 5.69. The number of aliphatic hydroxyl groups is 2. The highest BCUT2D eigenvalue weighted by Gasteiger charge is 2.60. The van der Waals surface area contributed by atoms with Gasteiger partial charge in [-0.15, -0.1) is 6.58 Å². The van der Waals surface area contributed by atoms with E-state index in [1.165, 1.54) is 12.5 Å². The third-order valence-corrected chi connectivity index (χ3v) is 9.19. The Hall–Kier alpha value is -1.98. The molecule has 1 aromatic carbocycles. The molecule has 2 heterocycles. The lowest BCUT2D eigenvalue weighted by Crippen LogP contribution is -2.42. The monoisotopic (exact) mass is 422 g/mol. The molecule has 2 N–H and O–H groups in total. The fraction of sp³-hybridized carbons (Fsp3) is 0.577. The molecule has 31 heavy (non-hydrogen) atoms. The molecule has 4 nitrogen and oxygen atoms in total. The standard InChI is InChI=1S/C26H31FN2O2/c1-2-7-26(31)8-6-16-9-17-12-25(11-16,13-19(17)26)23(30)10-21-24-18(4-3-5-20(24)27)22-14-28-15-29(21)22/h2-5,14-17,19,21,23,30-31H,1,6-13H2. The van der Waals surface area contributed by atoms with Gasteiger partial charge in [-0.05, 0) is 80.6 Å². The molecule has 2 aromatic rings. The van der Waals surface area contributed by atoms with Crippen LogP contribution in [-0.2, 0) is 0 Å². The molecule has 164 valence electrons. The number of imidazole rings is 1. The molecular weight excluding hydrogens is 391 g/mol. The van der Waals surface area contributed by atoms with Crippen molar-refractivity contribution in [2.24, 2.45) is 23.2 Å². The quantitative estimate of drug-likeness (QED) is 0.676. The van der Waals surface area contributed by atoms with Crippen molar-refractivity contribution in [2.45, 2.75) is 69.1 Å². The van der Waals surface area contributed by atoms with Gasteiger partial charge in [-0.25, -0.2) is 9.37 Å². The smallest absolute Gasteiger partial charge is 0.129 e. The number of aromatic nitrogens is 2. The zero-order valence-corrected chi connectivity index (χ0v) is 17.9. The summed E-state index contributed by atoms with van der Waals surface area (Å²) in [5, 5.41) is 23.2. The number of halogens is 1. The molecule has 5 heteroatoms. The third kappa shape index (κ3) is 2.75. The van der Waals surface area contributed by atoms with E-state index in [1.807, 2.05) is 16.7 Å². The van der Waals surface area contributed by atoms with Crippen molar-refractivity contribution in [3.63, 3.8) is 0 Å². The summed E-state index contributed by atoms with van der Waals surface area (Å²) in [5.41, 5.74) is 1.63. The second-order valence-electron chi connectivity index (χ2n) is 10.7. The van der Waals surface area contributed by atoms with Crippen LogP contribution in [0.15, 0.2) is 43.4 Å². The molecule has 3 fully saturated rings. The summed E-state index contributed by atoms with van der Waals surface area (Å²) >= 11 is 0. The Morgan fingerprint density at radius 3 is 3.03 bits per heavy atom. The van der Waals surface area contributed by atoms with Crippen LogP contribution in [0.3, 0.4) is 0 Å². The van der Waals surface area contributed by atoms with Gasteiger partial charge in [0.2, 0.25) is 0 Å². The summed E-state index contributed by atoms with van der Waals surface area (Å²) in [6.45, 7) is 3.89. The van der Waals surface area contributed by atoms with Crippen LogP contribution in [0.2, 0.25) is 0 Å². The van der Waals surface area contributed by atoms with Crippen LogP contribution in [0.25, 0.3) is 11.3 Å². The highest BCUT2D eigenvalue weighted by Crippen LogP contribution is 2.65. The van der Waals surface area contributed by atoms with E-state index in [-0.39, 0.29) is 23.2 Å². The van der Waals surface area contributed by atoms with Crippen molar-refractivity contribution < 1.29 is 14.6 Å². The first kappa shape index (κ1) is 19.7. The zero-order valence-electron chi connectivity index (χ0n) is 17.9. The van der Waals surface area contributed by atoms with Crippen LogP contribution < -0.4 is 0 Å². The van der Waals surface area contributed by atoms with Crippen molar-refractivity contribution in [3.05, 3.63) is 54.8 Å². The first-order valence-electron chi connectivity index (χ1n) is 11.8. The minimum atomic E-state index is -0.688. The van der Waals surface area contributed by atoms with E-state index >= 15 is 0 Å². The van der Waals surface area contributed by atoms with Crippen LogP contribution in [0.5, 0.6) is 0 Å². The SMILES string of the molecule is C=CCC1(O)CCC2CC3CC(C(O)CC4c5c(F)cccc5-c5cncn54)(C2)CC31. The average Bonchev–Trinajstić information content (AvgIpc) is 3.39. The normalized spacial score (nSPS) is 38.5. The topological polar surface area (TPSA) is 58.3 Å². The first-order valence-corrected chi connectivity index (χ1v) is 11.8. The Morgan fingerprint density at radius 2 is 2.19 bits per heavy atom. The van der Waals surface area contributed by atoms with Gasteiger partial charge >= 0.3 is 0 Å². The van der Waals surface area contributed by atoms with Crippen LogP contribution >= 0.6 is 0 Å². The van der Waals surface area contributed by atoms with E-state index in [0.29, 0.717) is 30.2 Å². The molecule has 3 aliphatic carbocycles. The Bertz CT molecular complexity index is 1030. The number of nitrogens with zero attached hydrogens (tertiary/aromatic N) is 2. The van der Waals surface area contributed by atoms with E-state index < -0.39 is 11.7 Å². The predicted octanol–water partition coefficient (Wildman–Crippen LogP) is 4.87. The molecule has 1 aromatic heterocycles. The van der Waals surface area contributed by atoms with E-state index in [0.717, 1.165) is 43.4 Å². The zero-order chi connectivity index (χ0) is 21.4. The number of hydrogen-bond acceptors (Lipinski definition) is 3. The molecule has 6 rings (SSSR count). The minimum absolute atomic E-state index is 0.178. The molecule has 4 aliphatic rings. The number of aliphatic hydroxyl groups excluding tert-OH is 1. The number of rotatable bonds is 5. The largest absolute Gasteiger partial charge is 0.392 e. The van der Waals surface area contributed by atoms with E-state index in [2.05, 4.69) is 11.6 Å². The van der Waals surface area contributed by atoms with Crippen LogP contribution in [0.1, 0.15) is 63.0 Å². The molecule has 7 unspecified atom stereocenters. The Labute approximate surface area is 182 Å². The Kier molecular flexibility index (Phi) is 4.29. The molecule has 3 bridgehead atoms. The minimum Gasteiger partial charge on any atom is -0.392 e. The Morgan fingerprint density at radius 1 is 1.32 bits per heavy atom. The van der Waals surface area contributed by atoms with Gasteiger partial charge in [0.15, 0.2) is 0 Å². The van der Waals surface area contributed by atoms with Crippen molar-refractivity contribution in [2.75, 3.05) is 0 Å². The van der Waals surface area contributed by atoms with Gasteiger partial charge < -0.3 is 14.8 Å². The van der Waals surface area contributed by atoms with Crippen molar-refractivity contribution in [1.82, 2.24) is 9.55 Å². The summed E-state index contributed by atoms with van der Waals surface area (Å²) in [4.78, 5) is 4.29. The molecule has 0 amide bonds. The van der Waals surface area contributed by atoms with Gasteiger partial charge in [0, 0.05) is 11.1 Å². The van der Waals surface area contributed by atoms with Gasteiger partial charge in [0.1, 0.15) is 5.82 Å². The molecule has 0 spiro atoms. The molecular formula is C26H31FN2O2. The second-order valence-corrected chi connectivity index (χ2v) is 10.7. The van der Waals surface area contributed by atoms with E-state index in [4.69, 9.17) is 0 Å². The molecule has 0 radical (unpaired) electrons.